The van der Waals surface area contributed by atoms with Crippen LogP contribution in [0.2, 0.25) is 0 Å². The average Bonchev–Trinajstić information content (AvgIpc) is 2.57. The zero-order chi connectivity index (χ0) is 12.3. The van der Waals surface area contributed by atoms with Crippen molar-refractivity contribution in [3.05, 3.63) is 16.1 Å². The fourth-order valence-corrected chi connectivity index (χ4v) is 3.26. The quantitative estimate of drug-likeness (QED) is 0.776. The smallest absolute Gasteiger partial charge is 0.149 e. The van der Waals surface area contributed by atoms with Gasteiger partial charge >= 0.3 is 0 Å². The zero-order valence-electron chi connectivity index (χ0n) is 10.6. The van der Waals surface area contributed by atoms with Crippen molar-refractivity contribution in [2.24, 2.45) is 0 Å². The number of carbonyl (C=O) groups is 1. The van der Waals surface area contributed by atoms with Gasteiger partial charge in [0.1, 0.15) is 5.78 Å². The lowest BCUT2D eigenvalue weighted by Gasteiger charge is -2.25. The van der Waals surface area contributed by atoms with Gasteiger partial charge < -0.3 is 0 Å². The maximum atomic E-state index is 12.0. The number of hydrogen-bond acceptors (Lipinski definition) is 4. The molecule has 0 spiro atoms. The van der Waals surface area contributed by atoms with Crippen LogP contribution in [-0.4, -0.2) is 28.8 Å². The summed E-state index contributed by atoms with van der Waals surface area (Å²) < 4.78 is 0. The lowest BCUT2D eigenvalue weighted by Crippen LogP contribution is -2.37. The first-order valence-electron chi connectivity index (χ1n) is 6.30. The summed E-state index contributed by atoms with van der Waals surface area (Å²) in [4.78, 5) is 19.8. The summed E-state index contributed by atoms with van der Waals surface area (Å²) in [6.07, 6.45) is 5.24. The van der Waals surface area contributed by atoms with E-state index in [4.69, 9.17) is 0 Å². The predicted octanol–water partition coefficient (Wildman–Crippen LogP) is 2.79. The number of thiazole rings is 1. The molecule has 1 atom stereocenters. The molecule has 1 aromatic rings. The third-order valence-corrected chi connectivity index (χ3v) is 4.46. The molecule has 0 aromatic carbocycles. The molecule has 1 heterocycles. The highest BCUT2D eigenvalue weighted by molar-refractivity contribution is 7.09. The van der Waals surface area contributed by atoms with Crippen LogP contribution in [-0.2, 0) is 11.3 Å². The minimum Gasteiger partial charge on any atom is -0.298 e. The van der Waals surface area contributed by atoms with Gasteiger partial charge in [0, 0.05) is 17.8 Å². The maximum Gasteiger partial charge on any atom is 0.149 e. The van der Waals surface area contributed by atoms with E-state index in [9.17, 15) is 4.79 Å². The van der Waals surface area contributed by atoms with Crippen molar-refractivity contribution in [1.29, 1.82) is 0 Å². The van der Waals surface area contributed by atoms with E-state index in [2.05, 4.69) is 16.9 Å². The number of likely N-dealkylation sites (N-methyl/N-ethyl adjacent to an activating group) is 1. The molecule has 1 unspecified atom stereocenters. The monoisotopic (exact) mass is 252 g/mol. The van der Waals surface area contributed by atoms with E-state index in [-0.39, 0.29) is 6.04 Å². The Hall–Kier alpha value is -0.740. The van der Waals surface area contributed by atoms with E-state index in [1.165, 1.54) is 17.7 Å². The molecule has 1 aliphatic carbocycles. The van der Waals surface area contributed by atoms with Gasteiger partial charge in [-0.3, -0.25) is 9.69 Å². The molecule has 1 fully saturated rings. The van der Waals surface area contributed by atoms with Crippen molar-refractivity contribution in [1.82, 2.24) is 9.88 Å². The van der Waals surface area contributed by atoms with E-state index >= 15 is 0 Å². The minimum absolute atomic E-state index is 0.124. The van der Waals surface area contributed by atoms with Crippen LogP contribution in [0.15, 0.2) is 5.51 Å². The lowest BCUT2D eigenvalue weighted by atomic mass is 10.1. The van der Waals surface area contributed by atoms with Gasteiger partial charge in [0.25, 0.3) is 0 Å². The Bertz CT molecular complexity index is 389. The summed E-state index contributed by atoms with van der Waals surface area (Å²) >= 11 is 1.68. The Morgan fingerprint density at radius 3 is 3.00 bits per heavy atom. The van der Waals surface area contributed by atoms with E-state index in [0.717, 1.165) is 31.5 Å². The van der Waals surface area contributed by atoms with Gasteiger partial charge in [0.05, 0.1) is 17.2 Å². The molecular formula is C13H20N2OS. The van der Waals surface area contributed by atoms with Crippen molar-refractivity contribution >= 4 is 17.1 Å². The summed E-state index contributed by atoms with van der Waals surface area (Å²) in [6.45, 7) is 2.89. The van der Waals surface area contributed by atoms with Crippen molar-refractivity contribution in [3.63, 3.8) is 0 Å². The molecule has 1 aromatic heterocycles. The molecule has 0 saturated heterocycles. The Balaban J connectivity index is 2.01. The average molecular weight is 252 g/mol. The predicted molar refractivity (Wildman–Crippen MR) is 70.2 cm³/mol. The Morgan fingerprint density at radius 1 is 1.47 bits per heavy atom. The molecule has 4 heteroatoms. The number of ketones is 1. The minimum atomic E-state index is 0.124. The number of carbonyl (C=O) groups excluding carboxylic acids is 1. The number of aromatic nitrogens is 1. The van der Waals surface area contributed by atoms with Gasteiger partial charge in [0.2, 0.25) is 0 Å². The van der Waals surface area contributed by atoms with Crippen LogP contribution >= 0.6 is 11.3 Å². The lowest BCUT2D eigenvalue weighted by molar-refractivity contribution is -0.123. The third-order valence-electron chi connectivity index (χ3n) is 3.54. The standard InChI is InChI=1S/C13H20N2OS/c1-10-13(17-9-14-10)8-15(2)11-6-4-3-5-7-12(11)16/h9,11H,3-8H2,1-2H3. The van der Waals surface area contributed by atoms with Gasteiger partial charge in [-0.15, -0.1) is 11.3 Å². The summed E-state index contributed by atoms with van der Waals surface area (Å²) in [5, 5.41) is 0. The second-order valence-electron chi connectivity index (χ2n) is 4.86. The topological polar surface area (TPSA) is 33.2 Å². The summed E-state index contributed by atoms with van der Waals surface area (Å²) in [5.41, 5.74) is 2.98. The fraction of sp³-hybridized carbons (Fsp3) is 0.692. The fourth-order valence-electron chi connectivity index (χ4n) is 2.42. The molecule has 0 aliphatic heterocycles. The summed E-state index contributed by atoms with van der Waals surface area (Å²) in [7, 11) is 2.06. The normalized spacial score (nSPS) is 21.8. The molecule has 0 N–H and O–H groups in total. The first-order valence-corrected chi connectivity index (χ1v) is 7.18. The van der Waals surface area contributed by atoms with Gasteiger partial charge in [-0.25, -0.2) is 4.98 Å². The molecule has 1 aliphatic rings. The number of rotatable bonds is 3. The highest BCUT2D eigenvalue weighted by Crippen LogP contribution is 2.22. The highest BCUT2D eigenvalue weighted by Gasteiger charge is 2.25. The van der Waals surface area contributed by atoms with Gasteiger partial charge in [-0.05, 0) is 26.8 Å². The molecule has 1 saturated carbocycles. The Kier molecular flexibility index (Phi) is 4.29. The number of nitrogens with zero attached hydrogens (tertiary/aromatic N) is 2. The van der Waals surface area contributed by atoms with E-state index in [1.807, 2.05) is 12.4 Å². The van der Waals surface area contributed by atoms with Crippen molar-refractivity contribution in [2.45, 2.75) is 51.6 Å². The van der Waals surface area contributed by atoms with Crippen LogP contribution in [0.25, 0.3) is 0 Å². The SMILES string of the molecule is Cc1ncsc1CN(C)C1CCCCCC1=O. The Labute approximate surface area is 107 Å². The van der Waals surface area contributed by atoms with Crippen LogP contribution in [0, 0.1) is 6.92 Å². The number of Topliss-reactive ketones (excluding diaryl/α,β-unsaturated/α-hetero) is 1. The van der Waals surface area contributed by atoms with Crippen molar-refractivity contribution in [2.75, 3.05) is 7.05 Å². The molecule has 17 heavy (non-hydrogen) atoms. The highest BCUT2D eigenvalue weighted by atomic mass is 32.1. The van der Waals surface area contributed by atoms with Crippen LogP contribution in [0.5, 0.6) is 0 Å². The molecule has 2 rings (SSSR count). The van der Waals surface area contributed by atoms with Crippen LogP contribution < -0.4 is 0 Å². The summed E-state index contributed by atoms with van der Waals surface area (Å²) in [6, 6.07) is 0.124. The molecule has 3 nitrogen and oxygen atoms in total. The third kappa shape index (κ3) is 3.13. The van der Waals surface area contributed by atoms with Gasteiger partial charge in [-0.2, -0.15) is 0 Å². The second kappa shape index (κ2) is 5.74. The number of hydrogen-bond donors (Lipinski definition) is 0. The van der Waals surface area contributed by atoms with Gasteiger partial charge in [0.15, 0.2) is 0 Å². The largest absolute Gasteiger partial charge is 0.298 e. The molecule has 0 bridgehead atoms. The molecule has 94 valence electrons. The van der Waals surface area contributed by atoms with Crippen LogP contribution in [0.3, 0.4) is 0 Å². The van der Waals surface area contributed by atoms with E-state index in [0.29, 0.717) is 5.78 Å². The van der Waals surface area contributed by atoms with Gasteiger partial charge in [-0.1, -0.05) is 12.8 Å². The summed E-state index contributed by atoms with van der Waals surface area (Å²) in [5.74, 6) is 0.423. The number of aryl methyl sites for hydroxylation is 1. The zero-order valence-corrected chi connectivity index (χ0v) is 11.4. The second-order valence-corrected chi connectivity index (χ2v) is 5.80. The van der Waals surface area contributed by atoms with Crippen LogP contribution in [0.4, 0.5) is 0 Å². The van der Waals surface area contributed by atoms with Crippen molar-refractivity contribution in [3.8, 4) is 0 Å². The van der Waals surface area contributed by atoms with Crippen molar-refractivity contribution < 1.29 is 4.79 Å². The van der Waals surface area contributed by atoms with E-state index in [1.54, 1.807) is 11.3 Å². The molecule has 0 radical (unpaired) electrons. The first-order chi connectivity index (χ1) is 8.18. The molecule has 0 amide bonds. The first kappa shape index (κ1) is 12.7. The van der Waals surface area contributed by atoms with E-state index < -0.39 is 0 Å². The Morgan fingerprint density at radius 2 is 2.29 bits per heavy atom. The van der Waals surface area contributed by atoms with Crippen LogP contribution in [0.1, 0.15) is 42.7 Å². The maximum absolute atomic E-state index is 12.0. The molecular weight excluding hydrogens is 232 g/mol.